The van der Waals surface area contributed by atoms with Gasteiger partial charge in [-0.25, -0.2) is 4.98 Å². The van der Waals surface area contributed by atoms with Crippen LogP contribution >= 0.6 is 34.8 Å². The molecule has 2 heterocycles. The average Bonchev–Trinajstić information content (AvgIpc) is 3.35. The van der Waals surface area contributed by atoms with Crippen molar-refractivity contribution in [2.75, 3.05) is 0 Å². The minimum absolute atomic E-state index is 0.279. The van der Waals surface area contributed by atoms with E-state index in [4.69, 9.17) is 44.5 Å². The predicted octanol–water partition coefficient (Wildman–Crippen LogP) is 7.18. The lowest BCUT2D eigenvalue weighted by Crippen LogP contribution is -2.17. The molecular weight excluding hydrogens is 455 g/mol. The highest BCUT2D eigenvalue weighted by Gasteiger charge is 2.31. The second kappa shape index (κ2) is 9.11. The van der Waals surface area contributed by atoms with Crippen LogP contribution in [0.15, 0.2) is 47.6 Å². The van der Waals surface area contributed by atoms with Gasteiger partial charge >= 0.3 is 0 Å². The first-order chi connectivity index (χ1) is 14.9. The summed E-state index contributed by atoms with van der Waals surface area (Å²) < 4.78 is 8.21. The smallest absolute Gasteiger partial charge is 0.231 e. The highest BCUT2D eigenvalue weighted by atomic mass is 35.5. The van der Waals surface area contributed by atoms with E-state index < -0.39 is 6.23 Å². The molecule has 0 saturated heterocycles. The SMILES string of the molecule is CCC(CC)C1=NNC(c2nc(-c3ccc(Cl)cc3Cl)n(-c3ccc(Cl)cc3)c2C)O1. The molecule has 8 heteroatoms. The number of aromatic nitrogens is 2. The number of benzene rings is 2. The molecule has 0 amide bonds. The second-order valence-corrected chi connectivity index (χ2v) is 8.71. The molecule has 0 spiro atoms. The molecule has 0 bridgehead atoms. The first kappa shape index (κ1) is 22.0. The minimum atomic E-state index is -0.464. The number of nitrogens with zero attached hydrogens (tertiary/aromatic N) is 3. The normalized spacial score (nSPS) is 15.7. The van der Waals surface area contributed by atoms with Gasteiger partial charge in [-0.2, -0.15) is 0 Å². The molecule has 1 aliphatic heterocycles. The van der Waals surface area contributed by atoms with E-state index in [0.29, 0.717) is 20.9 Å². The van der Waals surface area contributed by atoms with E-state index in [1.165, 1.54) is 0 Å². The van der Waals surface area contributed by atoms with Crippen LogP contribution in [0.25, 0.3) is 17.1 Å². The highest BCUT2D eigenvalue weighted by Crippen LogP contribution is 2.36. The summed E-state index contributed by atoms with van der Waals surface area (Å²) in [5.74, 6) is 1.70. The van der Waals surface area contributed by atoms with Gasteiger partial charge in [0.25, 0.3) is 0 Å². The Balaban J connectivity index is 1.81. The van der Waals surface area contributed by atoms with Crippen LogP contribution < -0.4 is 5.43 Å². The Morgan fingerprint density at radius 2 is 1.71 bits per heavy atom. The van der Waals surface area contributed by atoms with Gasteiger partial charge in [-0.15, -0.1) is 5.10 Å². The number of ether oxygens (including phenoxy) is 1. The predicted molar refractivity (Wildman–Crippen MR) is 127 cm³/mol. The Labute approximate surface area is 197 Å². The molecule has 0 saturated carbocycles. The summed E-state index contributed by atoms with van der Waals surface area (Å²) in [4.78, 5) is 4.94. The van der Waals surface area contributed by atoms with Gasteiger partial charge in [0.15, 0.2) is 0 Å². The second-order valence-electron chi connectivity index (χ2n) is 7.43. The van der Waals surface area contributed by atoms with Crippen molar-refractivity contribution in [2.45, 2.75) is 39.8 Å². The maximum atomic E-state index is 6.54. The molecule has 0 aliphatic carbocycles. The van der Waals surface area contributed by atoms with E-state index in [0.717, 1.165) is 41.4 Å². The van der Waals surface area contributed by atoms with E-state index in [2.05, 4.69) is 24.4 Å². The fourth-order valence-corrected chi connectivity index (χ4v) is 4.38. The zero-order valence-electron chi connectivity index (χ0n) is 17.5. The molecule has 5 nitrogen and oxygen atoms in total. The lowest BCUT2D eigenvalue weighted by molar-refractivity contribution is 0.173. The van der Waals surface area contributed by atoms with E-state index in [1.54, 1.807) is 12.1 Å². The molecule has 1 atom stereocenters. The van der Waals surface area contributed by atoms with E-state index >= 15 is 0 Å². The van der Waals surface area contributed by atoms with Crippen LogP contribution in [-0.4, -0.2) is 15.4 Å². The molecule has 4 rings (SSSR count). The van der Waals surface area contributed by atoms with Crippen LogP contribution in [0, 0.1) is 12.8 Å². The third-order valence-corrected chi connectivity index (χ3v) is 6.31. The quantitative estimate of drug-likeness (QED) is 0.409. The van der Waals surface area contributed by atoms with Gasteiger partial charge in [-0.3, -0.25) is 9.99 Å². The first-order valence-electron chi connectivity index (χ1n) is 10.2. The molecule has 1 unspecified atom stereocenters. The van der Waals surface area contributed by atoms with Gasteiger partial charge in [0.05, 0.1) is 5.02 Å². The van der Waals surface area contributed by atoms with Crippen molar-refractivity contribution < 1.29 is 4.74 Å². The summed E-state index contributed by atoms with van der Waals surface area (Å²) >= 11 is 18.8. The van der Waals surface area contributed by atoms with E-state index in [9.17, 15) is 0 Å². The molecule has 162 valence electrons. The molecule has 1 N–H and O–H groups in total. The minimum Gasteiger partial charge on any atom is -0.448 e. The number of hydrogen-bond acceptors (Lipinski definition) is 4. The van der Waals surface area contributed by atoms with Crippen molar-refractivity contribution in [1.82, 2.24) is 15.0 Å². The summed E-state index contributed by atoms with van der Waals surface area (Å²) in [5.41, 5.74) is 6.46. The fourth-order valence-electron chi connectivity index (χ4n) is 3.76. The molecule has 3 aromatic rings. The number of hydrogen-bond donors (Lipinski definition) is 1. The van der Waals surface area contributed by atoms with Gasteiger partial charge in [0, 0.05) is 32.9 Å². The topological polar surface area (TPSA) is 51.4 Å². The van der Waals surface area contributed by atoms with Gasteiger partial charge in [0.2, 0.25) is 12.1 Å². The molecule has 2 aromatic carbocycles. The Morgan fingerprint density at radius 3 is 2.35 bits per heavy atom. The molecule has 1 aliphatic rings. The van der Waals surface area contributed by atoms with Crippen molar-refractivity contribution in [2.24, 2.45) is 11.0 Å². The Bertz CT molecular complexity index is 1120. The van der Waals surface area contributed by atoms with Gasteiger partial charge in [-0.1, -0.05) is 48.7 Å². The lowest BCUT2D eigenvalue weighted by Gasteiger charge is -2.15. The Morgan fingerprint density at radius 1 is 1.03 bits per heavy atom. The third kappa shape index (κ3) is 4.27. The molecule has 31 heavy (non-hydrogen) atoms. The zero-order chi connectivity index (χ0) is 22.1. The van der Waals surface area contributed by atoms with Crippen LogP contribution in [0.1, 0.15) is 44.3 Å². The summed E-state index contributed by atoms with van der Waals surface area (Å²) in [6.45, 7) is 6.27. The summed E-state index contributed by atoms with van der Waals surface area (Å²) in [6.07, 6.45) is 1.47. The van der Waals surface area contributed by atoms with Crippen LogP contribution in [0.5, 0.6) is 0 Å². The number of halogens is 3. The largest absolute Gasteiger partial charge is 0.448 e. The lowest BCUT2D eigenvalue weighted by atomic mass is 10.0. The van der Waals surface area contributed by atoms with Crippen molar-refractivity contribution in [3.8, 4) is 17.1 Å². The highest BCUT2D eigenvalue weighted by molar-refractivity contribution is 6.36. The molecule has 0 fully saturated rings. The number of hydrazone groups is 1. The monoisotopic (exact) mass is 476 g/mol. The van der Waals surface area contributed by atoms with Crippen molar-refractivity contribution >= 4 is 40.7 Å². The third-order valence-electron chi connectivity index (χ3n) is 5.51. The Kier molecular flexibility index (Phi) is 6.47. The van der Waals surface area contributed by atoms with Crippen LogP contribution in [0.3, 0.4) is 0 Å². The van der Waals surface area contributed by atoms with E-state index in [1.807, 2.05) is 41.8 Å². The van der Waals surface area contributed by atoms with Crippen molar-refractivity contribution in [1.29, 1.82) is 0 Å². The number of imidazole rings is 1. The first-order valence-corrected chi connectivity index (χ1v) is 11.4. The maximum absolute atomic E-state index is 6.54. The molecule has 1 aromatic heterocycles. The van der Waals surface area contributed by atoms with E-state index in [-0.39, 0.29) is 5.92 Å². The summed E-state index contributed by atoms with van der Waals surface area (Å²) in [6, 6.07) is 13.0. The van der Waals surface area contributed by atoms with Gasteiger partial charge in [0.1, 0.15) is 11.5 Å². The van der Waals surface area contributed by atoms with Crippen molar-refractivity contribution in [3.63, 3.8) is 0 Å². The fraction of sp³-hybridized carbons (Fsp3) is 0.304. The van der Waals surface area contributed by atoms with Gasteiger partial charge < -0.3 is 4.74 Å². The summed E-state index contributed by atoms with van der Waals surface area (Å²) in [7, 11) is 0. The Hall–Kier alpha value is -2.21. The average molecular weight is 478 g/mol. The molecule has 0 radical (unpaired) electrons. The molecular formula is C23H23Cl3N4O. The van der Waals surface area contributed by atoms with Crippen LogP contribution in [0.4, 0.5) is 0 Å². The number of rotatable bonds is 6. The zero-order valence-corrected chi connectivity index (χ0v) is 19.8. The van der Waals surface area contributed by atoms with Crippen molar-refractivity contribution in [3.05, 3.63) is 68.9 Å². The maximum Gasteiger partial charge on any atom is 0.231 e. The van der Waals surface area contributed by atoms with Crippen LogP contribution in [-0.2, 0) is 4.74 Å². The van der Waals surface area contributed by atoms with Gasteiger partial charge in [-0.05, 0) is 62.2 Å². The number of nitrogens with one attached hydrogen (secondary N) is 1. The van der Waals surface area contributed by atoms with Crippen LogP contribution in [0.2, 0.25) is 15.1 Å². The standard InChI is InChI=1S/C23H23Cl3N4O/c1-4-14(5-2)22-28-29-23(31-22)20-13(3)30(17-9-6-15(24)7-10-17)21(27-20)18-11-8-16(25)12-19(18)26/h6-12,14,23,29H,4-5H2,1-3H3. The summed E-state index contributed by atoms with van der Waals surface area (Å²) in [5, 5.41) is 6.19.